The van der Waals surface area contributed by atoms with Crippen molar-refractivity contribution in [3.63, 3.8) is 0 Å². The molecule has 3 amide bonds. The maximum Gasteiger partial charge on any atom is 0.323 e. The summed E-state index contributed by atoms with van der Waals surface area (Å²) in [6.45, 7) is 4.48. The molecule has 2 heterocycles. The van der Waals surface area contributed by atoms with E-state index < -0.39 is 16.7 Å². The highest BCUT2D eigenvalue weighted by atomic mass is 32.2. The third kappa shape index (κ3) is 3.62. The van der Waals surface area contributed by atoms with Gasteiger partial charge in [0.05, 0.1) is 12.2 Å². The van der Waals surface area contributed by atoms with E-state index in [1.165, 1.54) is 40.9 Å². The van der Waals surface area contributed by atoms with E-state index in [4.69, 9.17) is 0 Å². The van der Waals surface area contributed by atoms with Gasteiger partial charge in [-0.2, -0.15) is 0 Å². The zero-order valence-electron chi connectivity index (χ0n) is 18.8. The maximum atomic E-state index is 14.4. The number of thioether (sulfide) groups is 1. The first-order chi connectivity index (χ1) is 16.3. The Labute approximate surface area is 200 Å². The number of anilines is 2. The number of benzene rings is 3. The lowest BCUT2D eigenvalue weighted by atomic mass is 10.1. The first kappa shape index (κ1) is 22.4. The molecule has 8 heteroatoms. The molecule has 0 radical (unpaired) electrons. The molecule has 34 heavy (non-hydrogen) atoms. The number of hydrogen-bond donors (Lipinski definition) is 1. The van der Waals surface area contributed by atoms with Crippen LogP contribution in [0.4, 0.5) is 25.0 Å². The predicted molar refractivity (Wildman–Crippen MR) is 130 cm³/mol. The number of aryl methyl sites for hydroxylation is 2. The summed E-state index contributed by atoms with van der Waals surface area (Å²) < 4.78 is 27.8. The summed E-state index contributed by atoms with van der Waals surface area (Å²) in [6.07, 6.45) is 0. The van der Waals surface area contributed by atoms with Crippen molar-refractivity contribution in [3.05, 3.63) is 94.6 Å². The van der Waals surface area contributed by atoms with E-state index in [1.807, 2.05) is 32.0 Å². The van der Waals surface area contributed by atoms with Gasteiger partial charge >= 0.3 is 6.03 Å². The molecule has 174 valence electrons. The highest BCUT2D eigenvalue weighted by Gasteiger charge is 2.59. The number of hydrogen-bond acceptors (Lipinski definition) is 3. The number of amides is 3. The fourth-order valence-electron chi connectivity index (χ4n) is 4.53. The molecule has 0 aromatic heterocycles. The highest BCUT2D eigenvalue weighted by molar-refractivity contribution is 8.01. The van der Waals surface area contributed by atoms with Crippen LogP contribution in [-0.4, -0.2) is 29.1 Å². The molecule has 0 aliphatic carbocycles. The van der Waals surface area contributed by atoms with Crippen LogP contribution in [0.25, 0.3) is 0 Å². The predicted octanol–water partition coefficient (Wildman–Crippen LogP) is 5.56. The Morgan fingerprint density at radius 3 is 2.47 bits per heavy atom. The molecule has 0 saturated carbocycles. The molecule has 1 fully saturated rings. The minimum absolute atomic E-state index is 0.187. The van der Waals surface area contributed by atoms with Gasteiger partial charge in [0.1, 0.15) is 11.6 Å². The van der Waals surface area contributed by atoms with Crippen LogP contribution in [0.15, 0.2) is 60.7 Å². The molecule has 5 nitrogen and oxygen atoms in total. The van der Waals surface area contributed by atoms with Crippen LogP contribution in [0, 0.1) is 25.5 Å². The van der Waals surface area contributed by atoms with Crippen LogP contribution in [0.2, 0.25) is 0 Å². The maximum absolute atomic E-state index is 14.4. The summed E-state index contributed by atoms with van der Waals surface area (Å²) in [5.41, 5.74) is 4.52. The molecule has 1 N–H and O–H groups in total. The van der Waals surface area contributed by atoms with E-state index in [-0.39, 0.29) is 18.3 Å². The van der Waals surface area contributed by atoms with Crippen LogP contribution in [0.3, 0.4) is 0 Å². The summed E-state index contributed by atoms with van der Waals surface area (Å²) in [6, 6.07) is 15.3. The topological polar surface area (TPSA) is 52.7 Å². The average Bonchev–Trinajstić information content (AvgIpc) is 3.35. The third-order valence-corrected chi connectivity index (χ3v) is 7.83. The Bertz CT molecular complexity index is 1300. The molecule has 1 spiro atoms. The lowest BCUT2D eigenvalue weighted by Gasteiger charge is -2.33. The third-order valence-electron chi connectivity index (χ3n) is 6.41. The zero-order valence-corrected chi connectivity index (χ0v) is 19.6. The van der Waals surface area contributed by atoms with Gasteiger partial charge in [-0.1, -0.05) is 18.2 Å². The fourth-order valence-corrected chi connectivity index (χ4v) is 5.98. The minimum Gasteiger partial charge on any atom is -0.308 e. The molecule has 2 aliphatic heterocycles. The normalized spacial score (nSPS) is 19.1. The van der Waals surface area contributed by atoms with Crippen molar-refractivity contribution < 1.29 is 18.4 Å². The Hall–Kier alpha value is -3.39. The summed E-state index contributed by atoms with van der Waals surface area (Å²) in [4.78, 5) is 29.0. The molecule has 0 bridgehead atoms. The van der Waals surface area contributed by atoms with Crippen LogP contribution in [0.1, 0.15) is 22.3 Å². The van der Waals surface area contributed by atoms with E-state index in [2.05, 4.69) is 5.32 Å². The van der Waals surface area contributed by atoms with Crippen molar-refractivity contribution in [2.24, 2.45) is 0 Å². The van der Waals surface area contributed by atoms with Crippen LogP contribution in [0.5, 0.6) is 0 Å². The van der Waals surface area contributed by atoms with Gasteiger partial charge in [0, 0.05) is 23.5 Å². The Morgan fingerprint density at radius 1 is 1.00 bits per heavy atom. The second kappa shape index (κ2) is 8.43. The second-order valence-electron chi connectivity index (χ2n) is 8.55. The van der Waals surface area contributed by atoms with Gasteiger partial charge in [0.25, 0.3) is 5.91 Å². The first-order valence-corrected chi connectivity index (χ1v) is 11.9. The zero-order chi connectivity index (χ0) is 24.0. The van der Waals surface area contributed by atoms with Crippen LogP contribution >= 0.6 is 11.8 Å². The van der Waals surface area contributed by atoms with Crippen LogP contribution < -0.4 is 10.2 Å². The quantitative estimate of drug-likeness (QED) is 0.535. The molecule has 1 unspecified atom stereocenters. The fraction of sp³-hybridized carbons (Fsp3) is 0.231. The van der Waals surface area contributed by atoms with Gasteiger partial charge in [-0.3, -0.25) is 9.69 Å². The number of nitrogens with one attached hydrogen (secondary N) is 1. The molecular weight excluding hydrogens is 456 g/mol. The Kier molecular flexibility index (Phi) is 5.56. The number of nitrogens with zero attached hydrogens (tertiary/aromatic N) is 2. The number of urea groups is 1. The SMILES string of the molecule is Cc1ccc(NC(=O)N2CCSC23C(=O)N(Cc2ccc(F)cc2)c2ccc(F)cc23)cc1C. The van der Waals surface area contributed by atoms with Gasteiger partial charge in [-0.05, 0) is 73.0 Å². The van der Waals surface area contributed by atoms with E-state index in [0.717, 1.165) is 16.7 Å². The smallest absolute Gasteiger partial charge is 0.308 e. The van der Waals surface area contributed by atoms with E-state index in [0.29, 0.717) is 29.2 Å². The summed E-state index contributed by atoms with van der Waals surface area (Å²) in [5.74, 6) is -0.616. The lowest BCUT2D eigenvalue weighted by Crippen LogP contribution is -2.51. The number of rotatable bonds is 3. The molecule has 2 aliphatic rings. The molecular formula is C26H23F2N3O2S. The van der Waals surface area contributed by atoms with Crippen molar-refractivity contribution in [2.45, 2.75) is 25.3 Å². The van der Waals surface area contributed by atoms with Gasteiger partial charge in [0.2, 0.25) is 0 Å². The van der Waals surface area contributed by atoms with Crippen molar-refractivity contribution in [1.82, 2.24) is 4.90 Å². The highest BCUT2D eigenvalue weighted by Crippen LogP contribution is 2.54. The Morgan fingerprint density at radius 2 is 1.74 bits per heavy atom. The number of halogens is 2. The van der Waals surface area contributed by atoms with E-state index in [1.54, 1.807) is 23.1 Å². The second-order valence-corrected chi connectivity index (χ2v) is 9.84. The first-order valence-electron chi connectivity index (χ1n) is 11.0. The molecule has 3 aromatic carbocycles. The number of carbonyl (C=O) groups is 2. The number of carbonyl (C=O) groups excluding carboxylic acids is 2. The van der Waals surface area contributed by atoms with Gasteiger partial charge in [-0.25, -0.2) is 13.6 Å². The van der Waals surface area contributed by atoms with Crippen molar-refractivity contribution in [1.29, 1.82) is 0 Å². The lowest BCUT2D eigenvalue weighted by molar-refractivity contribution is -0.123. The number of fused-ring (bicyclic) bond motifs is 2. The van der Waals surface area contributed by atoms with Crippen LogP contribution in [-0.2, 0) is 16.2 Å². The standard InChI is InChI=1S/C26H23F2N3O2S/c1-16-3-9-21(13-17(16)2)29-25(33)31-11-12-34-26(31)22-14-20(28)8-10-23(22)30(24(26)32)15-18-4-6-19(27)7-5-18/h3-10,13-14H,11-12,15H2,1-2H3,(H,29,33). The molecule has 1 atom stereocenters. The molecule has 1 saturated heterocycles. The minimum atomic E-state index is -1.36. The summed E-state index contributed by atoms with van der Waals surface area (Å²) >= 11 is 1.33. The van der Waals surface area contributed by atoms with Crippen molar-refractivity contribution in [2.75, 3.05) is 22.5 Å². The average molecular weight is 480 g/mol. The largest absolute Gasteiger partial charge is 0.323 e. The van der Waals surface area contributed by atoms with Crippen molar-refractivity contribution >= 4 is 35.1 Å². The van der Waals surface area contributed by atoms with Gasteiger partial charge < -0.3 is 10.2 Å². The molecule has 3 aromatic rings. The van der Waals surface area contributed by atoms with E-state index >= 15 is 0 Å². The Balaban J connectivity index is 1.52. The van der Waals surface area contributed by atoms with Crippen molar-refractivity contribution in [3.8, 4) is 0 Å². The van der Waals surface area contributed by atoms with Gasteiger partial charge in [-0.15, -0.1) is 11.8 Å². The summed E-state index contributed by atoms with van der Waals surface area (Å²) in [7, 11) is 0. The monoisotopic (exact) mass is 479 g/mol. The molecule has 5 rings (SSSR count). The van der Waals surface area contributed by atoms with Gasteiger partial charge in [0.15, 0.2) is 4.87 Å². The van der Waals surface area contributed by atoms with E-state index in [9.17, 15) is 18.4 Å². The summed E-state index contributed by atoms with van der Waals surface area (Å²) in [5, 5.41) is 2.91.